The van der Waals surface area contributed by atoms with Crippen LogP contribution in [0.15, 0.2) is 24.3 Å². The Bertz CT molecular complexity index is 653. The van der Waals surface area contributed by atoms with Crippen LogP contribution in [0.3, 0.4) is 0 Å². The maximum Gasteiger partial charge on any atom is 0.249 e. The lowest BCUT2D eigenvalue weighted by Gasteiger charge is -2.27. The van der Waals surface area contributed by atoms with Gasteiger partial charge in [0.2, 0.25) is 5.91 Å². The summed E-state index contributed by atoms with van der Waals surface area (Å²) < 4.78 is 0. The summed E-state index contributed by atoms with van der Waals surface area (Å²) in [5.41, 5.74) is 0. The van der Waals surface area contributed by atoms with Crippen LogP contribution >= 0.6 is 0 Å². The van der Waals surface area contributed by atoms with Crippen LogP contribution in [0.5, 0.6) is 0 Å². The summed E-state index contributed by atoms with van der Waals surface area (Å²) in [7, 11) is 0. The first-order chi connectivity index (χ1) is 21.0. The van der Waals surface area contributed by atoms with E-state index in [9.17, 15) is 25.2 Å². The molecule has 0 spiro atoms. The van der Waals surface area contributed by atoms with Crippen molar-refractivity contribution < 1.29 is 25.2 Å². The largest absolute Gasteiger partial charge is 0.394 e. The van der Waals surface area contributed by atoms with Crippen LogP contribution in [0, 0.1) is 0 Å². The van der Waals surface area contributed by atoms with Crippen molar-refractivity contribution in [1.82, 2.24) is 5.32 Å². The Morgan fingerprint density at radius 1 is 0.581 bits per heavy atom. The van der Waals surface area contributed by atoms with E-state index in [1.165, 1.54) is 96.3 Å². The van der Waals surface area contributed by atoms with Gasteiger partial charge < -0.3 is 25.7 Å². The fraction of sp³-hybridized carbons (Fsp3) is 0.865. The molecule has 4 unspecified atom stereocenters. The molecule has 0 aromatic rings. The molecular weight excluding hydrogens is 538 g/mol. The molecule has 6 heteroatoms. The molecule has 0 saturated carbocycles. The molecule has 0 heterocycles. The van der Waals surface area contributed by atoms with Crippen molar-refractivity contribution >= 4 is 5.91 Å². The first-order valence-electron chi connectivity index (χ1n) is 18.2. The first-order valence-corrected chi connectivity index (χ1v) is 18.2. The summed E-state index contributed by atoms with van der Waals surface area (Å²) in [5.74, 6) is -0.600. The normalized spacial score (nSPS) is 14.8. The molecule has 6 nitrogen and oxygen atoms in total. The summed E-state index contributed by atoms with van der Waals surface area (Å²) >= 11 is 0. The fourth-order valence-electron chi connectivity index (χ4n) is 5.48. The van der Waals surface area contributed by atoms with Gasteiger partial charge >= 0.3 is 0 Å². The van der Waals surface area contributed by atoms with Gasteiger partial charge in [-0.1, -0.05) is 154 Å². The minimum Gasteiger partial charge on any atom is -0.394 e. The maximum atomic E-state index is 12.4. The number of allylic oxidation sites excluding steroid dienone is 4. The van der Waals surface area contributed by atoms with E-state index in [0.717, 1.165) is 44.9 Å². The molecule has 254 valence electrons. The molecule has 0 fully saturated rings. The highest BCUT2D eigenvalue weighted by molar-refractivity contribution is 5.80. The number of aliphatic hydroxyl groups excluding tert-OH is 4. The van der Waals surface area contributed by atoms with Gasteiger partial charge in [-0.05, 0) is 44.9 Å². The Labute approximate surface area is 265 Å². The Morgan fingerprint density at radius 2 is 1.02 bits per heavy atom. The van der Waals surface area contributed by atoms with Gasteiger partial charge in [-0.15, -0.1) is 0 Å². The molecule has 0 aliphatic carbocycles. The van der Waals surface area contributed by atoms with Crippen LogP contribution < -0.4 is 5.32 Å². The van der Waals surface area contributed by atoms with Gasteiger partial charge in [0.1, 0.15) is 12.2 Å². The standard InChI is InChI=1S/C37H71NO5/c1-3-5-7-9-11-13-14-15-16-17-18-19-20-21-23-25-27-29-31-35(41)37(43)38-33(32-39)36(42)34(40)30-28-26-24-22-12-10-8-6-4-2/h6,8,22,24,33-36,39-42H,3-5,7,9-21,23,25-32H2,1-2H3,(H,38,43)/b8-6+,24-22+. The summed E-state index contributed by atoms with van der Waals surface area (Å²) in [4.78, 5) is 12.4. The minimum absolute atomic E-state index is 0.363. The van der Waals surface area contributed by atoms with E-state index in [2.05, 4.69) is 43.5 Å². The SMILES string of the molecule is CC/C=C/CC/C=C/CCCC(O)C(O)C(CO)NC(=O)C(O)CCCCCCCCCCCCCCCCCCCC. The summed E-state index contributed by atoms with van der Waals surface area (Å²) in [6.45, 7) is 3.89. The second-order valence-corrected chi connectivity index (χ2v) is 12.5. The third-order valence-electron chi connectivity index (χ3n) is 8.40. The van der Waals surface area contributed by atoms with Crippen LogP contribution in [-0.2, 0) is 4.79 Å². The molecule has 0 radical (unpaired) electrons. The lowest BCUT2D eigenvalue weighted by molar-refractivity contribution is -0.132. The Hall–Kier alpha value is -1.21. The topological polar surface area (TPSA) is 110 Å². The molecule has 0 saturated heterocycles. The number of hydrogen-bond acceptors (Lipinski definition) is 5. The average Bonchev–Trinajstić information content (AvgIpc) is 3.01. The van der Waals surface area contributed by atoms with Crippen LogP contribution in [0.2, 0.25) is 0 Å². The Balaban J connectivity index is 3.78. The zero-order chi connectivity index (χ0) is 31.8. The molecule has 0 aliphatic rings. The number of amides is 1. The van der Waals surface area contributed by atoms with E-state index in [4.69, 9.17) is 0 Å². The Kier molecular flexibility index (Phi) is 31.3. The number of hydrogen-bond donors (Lipinski definition) is 5. The van der Waals surface area contributed by atoms with Crippen molar-refractivity contribution in [2.24, 2.45) is 0 Å². The van der Waals surface area contributed by atoms with Crippen molar-refractivity contribution in [2.45, 2.75) is 199 Å². The van der Waals surface area contributed by atoms with Gasteiger partial charge in [-0.3, -0.25) is 4.79 Å². The van der Waals surface area contributed by atoms with Crippen molar-refractivity contribution in [2.75, 3.05) is 6.61 Å². The van der Waals surface area contributed by atoms with E-state index in [1.807, 2.05) is 0 Å². The third-order valence-corrected chi connectivity index (χ3v) is 8.40. The second kappa shape index (κ2) is 32.2. The number of carbonyl (C=O) groups excluding carboxylic acids is 1. The highest BCUT2D eigenvalue weighted by atomic mass is 16.3. The smallest absolute Gasteiger partial charge is 0.249 e. The van der Waals surface area contributed by atoms with Crippen LogP contribution in [0.1, 0.15) is 174 Å². The first kappa shape index (κ1) is 41.8. The molecule has 0 rings (SSSR count). The summed E-state index contributed by atoms with van der Waals surface area (Å²) in [6.07, 6.45) is 33.6. The molecule has 1 amide bonds. The van der Waals surface area contributed by atoms with Gasteiger partial charge in [0.05, 0.1) is 18.8 Å². The molecule has 5 N–H and O–H groups in total. The maximum absolute atomic E-state index is 12.4. The van der Waals surface area contributed by atoms with E-state index >= 15 is 0 Å². The number of rotatable bonds is 32. The lowest BCUT2D eigenvalue weighted by atomic mass is 10.00. The quantitative estimate of drug-likeness (QED) is 0.0388. The molecule has 0 bridgehead atoms. The lowest BCUT2D eigenvalue weighted by Crippen LogP contribution is -2.53. The average molecular weight is 610 g/mol. The van der Waals surface area contributed by atoms with Gasteiger partial charge in [-0.2, -0.15) is 0 Å². The predicted octanol–water partition coefficient (Wildman–Crippen LogP) is 8.45. The molecular formula is C37H71NO5. The van der Waals surface area contributed by atoms with E-state index in [1.54, 1.807) is 0 Å². The second-order valence-electron chi connectivity index (χ2n) is 12.5. The summed E-state index contributed by atoms with van der Waals surface area (Å²) in [5, 5.41) is 43.2. The number of unbranched alkanes of at least 4 members (excludes halogenated alkanes) is 19. The minimum atomic E-state index is -1.28. The highest BCUT2D eigenvalue weighted by Crippen LogP contribution is 2.15. The van der Waals surface area contributed by atoms with E-state index in [0.29, 0.717) is 19.3 Å². The zero-order valence-corrected chi connectivity index (χ0v) is 28.2. The molecule has 0 aromatic heterocycles. The molecule has 43 heavy (non-hydrogen) atoms. The van der Waals surface area contributed by atoms with Crippen LogP contribution in [0.25, 0.3) is 0 Å². The third kappa shape index (κ3) is 26.9. The van der Waals surface area contributed by atoms with Crippen molar-refractivity contribution in [3.8, 4) is 0 Å². The van der Waals surface area contributed by atoms with Crippen molar-refractivity contribution in [3.05, 3.63) is 24.3 Å². The monoisotopic (exact) mass is 610 g/mol. The molecule has 4 atom stereocenters. The van der Waals surface area contributed by atoms with Gasteiger partial charge in [0.15, 0.2) is 0 Å². The van der Waals surface area contributed by atoms with Gasteiger partial charge in [0, 0.05) is 0 Å². The van der Waals surface area contributed by atoms with Gasteiger partial charge in [0.25, 0.3) is 0 Å². The van der Waals surface area contributed by atoms with E-state index in [-0.39, 0.29) is 0 Å². The number of nitrogens with one attached hydrogen (secondary N) is 1. The number of aliphatic hydroxyl groups is 4. The molecule has 0 aromatic carbocycles. The van der Waals surface area contributed by atoms with Crippen LogP contribution in [-0.4, -0.2) is 57.3 Å². The van der Waals surface area contributed by atoms with Crippen molar-refractivity contribution in [3.63, 3.8) is 0 Å². The Morgan fingerprint density at radius 3 is 1.49 bits per heavy atom. The fourth-order valence-corrected chi connectivity index (χ4v) is 5.48. The number of carbonyl (C=O) groups is 1. The van der Waals surface area contributed by atoms with Gasteiger partial charge in [-0.25, -0.2) is 0 Å². The zero-order valence-electron chi connectivity index (χ0n) is 28.2. The highest BCUT2D eigenvalue weighted by Gasteiger charge is 2.28. The predicted molar refractivity (Wildman–Crippen MR) is 182 cm³/mol. The van der Waals surface area contributed by atoms with E-state index < -0.39 is 36.9 Å². The van der Waals surface area contributed by atoms with Crippen molar-refractivity contribution in [1.29, 1.82) is 0 Å². The van der Waals surface area contributed by atoms with Crippen LogP contribution in [0.4, 0.5) is 0 Å². The molecule has 0 aliphatic heterocycles. The summed E-state index contributed by atoms with van der Waals surface area (Å²) in [6, 6.07) is -1.00.